The molecule has 0 bridgehead atoms. The van der Waals surface area contributed by atoms with E-state index >= 15 is 0 Å². The fourth-order valence-electron chi connectivity index (χ4n) is 3.62. The number of likely N-dealkylation sites (tertiary alicyclic amines) is 2. The summed E-state index contributed by atoms with van der Waals surface area (Å²) in [5.74, 6) is 1.77. The van der Waals surface area contributed by atoms with Crippen LogP contribution in [0.5, 0.6) is 0 Å². The van der Waals surface area contributed by atoms with E-state index in [1.165, 1.54) is 0 Å². The fourth-order valence-corrected chi connectivity index (χ4v) is 4.19. The lowest BCUT2D eigenvalue weighted by atomic mass is 9.77. The average Bonchev–Trinajstić information content (AvgIpc) is 2.62. The molecule has 17 heavy (non-hydrogen) atoms. The summed E-state index contributed by atoms with van der Waals surface area (Å²) in [4.78, 5) is 16.3. The molecule has 2 aliphatic rings. The highest BCUT2D eigenvalue weighted by Gasteiger charge is 2.57. The van der Waals surface area contributed by atoms with Gasteiger partial charge in [0, 0.05) is 38.4 Å². The van der Waals surface area contributed by atoms with E-state index in [2.05, 4.69) is 36.3 Å². The Hall–Kier alpha value is -0.220. The van der Waals surface area contributed by atoms with Crippen molar-refractivity contribution in [3.8, 4) is 0 Å². The third kappa shape index (κ3) is 2.10. The summed E-state index contributed by atoms with van der Waals surface area (Å²) in [7, 11) is 0. The molecule has 2 rings (SSSR count). The first-order valence-electron chi connectivity index (χ1n) is 6.64. The first kappa shape index (κ1) is 13.2. The van der Waals surface area contributed by atoms with Crippen LogP contribution in [0.15, 0.2) is 0 Å². The maximum Gasteiger partial charge on any atom is 0.220 e. The Morgan fingerprint density at radius 1 is 1.53 bits per heavy atom. The second-order valence-corrected chi connectivity index (χ2v) is 6.26. The molecule has 0 aromatic rings. The minimum atomic E-state index is 0.114. The van der Waals surface area contributed by atoms with Crippen LogP contribution in [0.4, 0.5) is 0 Å². The van der Waals surface area contributed by atoms with E-state index in [0.717, 1.165) is 38.2 Å². The van der Waals surface area contributed by atoms with Gasteiger partial charge in [-0.3, -0.25) is 9.69 Å². The Kier molecular flexibility index (Phi) is 3.74. The van der Waals surface area contributed by atoms with Crippen molar-refractivity contribution < 1.29 is 4.79 Å². The number of amides is 1. The van der Waals surface area contributed by atoms with Crippen LogP contribution >= 0.6 is 12.6 Å². The highest BCUT2D eigenvalue weighted by molar-refractivity contribution is 7.80. The van der Waals surface area contributed by atoms with Crippen LogP contribution in [0.3, 0.4) is 0 Å². The lowest BCUT2D eigenvalue weighted by molar-refractivity contribution is -0.147. The Bertz CT molecular complexity index is 308. The zero-order chi connectivity index (χ0) is 12.6. The maximum atomic E-state index is 11.7. The van der Waals surface area contributed by atoms with Crippen LogP contribution in [0.25, 0.3) is 0 Å². The molecule has 0 aromatic heterocycles. The lowest BCUT2D eigenvalue weighted by Crippen LogP contribution is -2.76. The van der Waals surface area contributed by atoms with E-state index in [0.29, 0.717) is 12.0 Å². The molecule has 1 spiro atoms. The molecule has 2 saturated heterocycles. The number of hydrogen-bond acceptors (Lipinski definition) is 3. The molecule has 2 heterocycles. The van der Waals surface area contributed by atoms with E-state index < -0.39 is 0 Å². The molecule has 0 aliphatic carbocycles. The van der Waals surface area contributed by atoms with Gasteiger partial charge < -0.3 is 4.90 Å². The topological polar surface area (TPSA) is 23.6 Å². The molecule has 3 nitrogen and oxygen atoms in total. The molecule has 98 valence electrons. The first-order chi connectivity index (χ1) is 8.01. The average molecular weight is 256 g/mol. The van der Waals surface area contributed by atoms with Gasteiger partial charge in [-0.25, -0.2) is 0 Å². The Morgan fingerprint density at radius 2 is 2.24 bits per heavy atom. The molecule has 2 atom stereocenters. The molecule has 4 heteroatoms. The predicted molar refractivity (Wildman–Crippen MR) is 73.4 cm³/mol. The third-order valence-corrected chi connectivity index (χ3v) is 4.57. The quantitative estimate of drug-likeness (QED) is 0.776. The molecule has 0 radical (unpaired) electrons. The second kappa shape index (κ2) is 4.81. The number of carbonyl (C=O) groups excluding carboxylic acids is 1. The van der Waals surface area contributed by atoms with Crippen LogP contribution in [0, 0.1) is 5.92 Å². The highest BCUT2D eigenvalue weighted by Crippen LogP contribution is 2.43. The van der Waals surface area contributed by atoms with Crippen molar-refractivity contribution in [1.82, 2.24) is 9.80 Å². The van der Waals surface area contributed by atoms with Crippen molar-refractivity contribution in [3.63, 3.8) is 0 Å². The highest BCUT2D eigenvalue weighted by atomic mass is 32.1. The van der Waals surface area contributed by atoms with Gasteiger partial charge in [0.05, 0.1) is 5.54 Å². The second-order valence-electron chi connectivity index (χ2n) is 5.90. The minimum Gasteiger partial charge on any atom is -0.334 e. The maximum absolute atomic E-state index is 11.7. The number of carbonyl (C=O) groups is 1. The summed E-state index contributed by atoms with van der Waals surface area (Å²) >= 11 is 4.51. The standard InChI is InChI=1S/C13H24N2OS/c1-10(2)7-14-9-13(12(14)8-17)5-4-6-15(13)11(3)16/h10,12,17H,4-9H2,1-3H3. The molecule has 2 fully saturated rings. The number of thiol groups is 1. The van der Waals surface area contributed by atoms with Crippen LogP contribution < -0.4 is 0 Å². The molecule has 2 aliphatic heterocycles. The van der Waals surface area contributed by atoms with Gasteiger partial charge in [0.25, 0.3) is 0 Å². The Balaban J connectivity index is 2.09. The van der Waals surface area contributed by atoms with Crippen LogP contribution in [0.2, 0.25) is 0 Å². The summed E-state index contributed by atoms with van der Waals surface area (Å²) in [6, 6.07) is 0.458. The van der Waals surface area contributed by atoms with E-state index in [1.54, 1.807) is 6.92 Å². The summed E-state index contributed by atoms with van der Waals surface area (Å²) in [5, 5.41) is 0. The van der Waals surface area contributed by atoms with Gasteiger partial charge in [-0.2, -0.15) is 12.6 Å². The number of nitrogens with zero attached hydrogens (tertiary/aromatic N) is 2. The molecular weight excluding hydrogens is 232 g/mol. The van der Waals surface area contributed by atoms with Gasteiger partial charge in [0.2, 0.25) is 5.91 Å². The number of rotatable bonds is 3. The largest absolute Gasteiger partial charge is 0.334 e. The summed E-state index contributed by atoms with van der Waals surface area (Å²) in [6.07, 6.45) is 2.31. The fraction of sp³-hybridized carbons (Fsp3) is 0.923. The van der Waals surface area contributed by atoms with E-state index in [4.69, 9.17) is 0 Å². The van der Waals surface area contributed by atoms with Gasteiger partial charge in [0.1, 0.15) is 0 Å². The molecule has 0 saturated carbocycles. The molecule has 0 aromatic carbocycles. The monoisotopic (exact) mass is 256 g/mol. The summed E-state index contributed by atoms with van der Waals surface area (Å²) in [5.41, 5.74) is 0.114. The Labute approximate surface area is 110 Å². The van der Waals surface area contributed by atoms with Crippen molar-refractivity contribution in [3.05, 3.63) is 0 Å². The van der Waals surface area contributed by atoms with Gasteiger partial charge in [0.15, 0.2) is 0 Å². The smallest absolute Gasteiger partial charge is 0.220 e. The summed E-state index contributed by atoms with van der Waals surface area (Å²) < 4.78 is 0. The molecule has 2 unspecified atom stereocenters. The normalized spacial score (nSPS) is 33.5. The zero-order valence-electron chi connectivity index (χ0n) is 11.1. The number of hydrogen-bond donors (Lipinski definition) is 1. The van der Waals surface area contributed by atoms with E-state index in [-0.39, 0.29) is 11.4 Å². The lowest BCUT2D eigenvalue weighted by Gasteiger charge is -2.59. The first-order valence-corrected chi connectivity index (χ1v) is 7.27. The van der Waals surface area contributed by atoms with Crippen molar-refractivity contribution in [2.75, 3.05) is 25.4 Å². The Morgan fingerprint density at radius 3 is 2.76 bits per heavy atom. The van der Waals surface area contributed by atoms with E-state index in [1.807, 2.05) is 0 Å². The minimum absolute atomic E-state index is 0.114. The van der Waals surface area contributed by atoms with Crippen LogP contribution in [-0.4, -0.2) is 52.7 Å². The van der Waals surface area contributed by atoms with Crippen LogP contribution in [0.1, 0.15) is 33.6 Å². The zero-order valence-corrected chi connectivity index (χ0v) is 12.0. The van der Waals surface area contributed by atoms with Crippen LogP contribution in [-0.2, 0) is 4.79 Å². The molecule has 1 amide bonds. The van der Waals surface area contributed by atoms with Gasteiger partial charge >= 0.3 is 0 Å². The van der Waals surface area contributed by atoms with Gasteiger partial charge in [-0.1, -0.05) is 13.8 Å². The van der Waals surface area contributed by atoms with Crippen molar-refractivity contribution in [1.29, 1.82) is 0 Å². The SMILES string of the molecule is CC(=O)N1CCCC12CN(CC(C)C)C2CS. The summed E-state index contributed by atoms with van der Waals surface area (Å²) in [6.45, 7) is 9.31. The molecule has 0 N–H and O–H groups in total. The third-order valence-electron chi connectivity index (χ3n) is 4.22. The van der Waals surface area contributed by atoms with Gasteiger partial charge in [-0.05, 0) is 18.8 Å². The van der Waals surface area contributed by atoms with E-state index in [9.17, 15) is 4.79 Å². The molecular formula is C13H24N2OS. The van der Waals surface area contributed by atoms with Crippen molar-refractivity contribution in [2.45, 2.75) is 45.2 Å². The van der Waals surface area contributed by atoms with Crippen molar-refractivity contribution in [2.24, 2.45) is 5.92 Å². The van der Waals surface area contributed by atoms with Crippen molar-refractivity contribution >= 4 is 18.5 Å². The predicted octanol–water partition coefficient (Wildman–Crippen LogP) is 1.64. The van der Waals surface area contributed by atoms with Gasteiger partial charge in [-0.15, -0.1) is 0 Å².